The second-order valence-corrected chi connectivity index (χ2v) is 14.4. The zero-order valence-electron chi connectivity index (χ0n) is 33.9. The highest BCUT2D eigenvalue weighted by Gasteiger charge is 2.19. The van der Waals surface area contributed by atoms with Gasteiger partial charge in [-0.15, -0.1) is 0 Å². The SMILES string of the molecule is Cc1cccc(C)c1-c1ccc(C(=O)Nc2ccc(OCCN(C)C)cc2)c2nccnc12.Cc1cccc(C)c1-c1ccc(C(=O)Nc2ncc[nH]2)c2nccnc12. The van der Waals surface area contributed by atoms with Gasteiger partial charge in [0.15, 0.2) is 0 Å². The van der Waals surface area contributed by atoms with Crippen LogP contribution in [0.1, 0.15) is 43.0 Å². The fourth-order valence-corrected chi connectivity index (χ4v) is 7.05. The Morgan fingerprint density at radius 3 is 1.51 bits per heavy atom. The molecule has 0 radical (unpaired) electrons. The van der Waals surface area contributed by atoms with Crippen LogP contribution >= 0.6 is 0 Å². The number of imidazole rings is 1. The minimum absolute atomic E-state index is 0.227. The number of carbonyl (C=O) groups is 2. The van der Waals surface area contributed by atoms with E-state index < -0.39 is 0 Å². The Morgan fingerprint density at radius 1 is 0.576 bits per heavy atom. The molecule has 0 aliphatic rings. The van der Waals surface area contributed by atoms with Gasteiger partial charge in [0.1, 0.15) is 23.4 Å². The van der Waals surface area contributed by atoms with E-state index in [4.69, 9.17) is 4.74 Å². The molecule has 5 aromatic carbocycles. The van der Waals surface area contributed by atoms with Crippen LogP contribution < -0.4 is 15.4 Å². The molecule has 2 amide bonds. The molecule has 0 unspecified atom stereocenters. The first-order chi connectivity index (χ1) is 28.6. The number of amides is 2. The van der Waals surface area contributed by atoms with E-state index in [1.807, 2.05) is 68.7 Å². The van der Waals surface area contributed by atoms with Crippen molar-refractivity contribution in [3.63, 3.8) is 0 Å². The molecule has 0 saturated carbocycles. The number of nitrogens with zero attached hydrogens (tertiary/aromatic N) is 6. The van der Waals surface area contributed by atoms with Crippen molar-refractivity contribution < 1.29 is 14.3 Å². The number of hydrogen-bond acceptors (Lipinski definition) is 9. The number of hydrogen-bond donors (Lipinski definition) is 3. The first-order valence-electron chi connectivity index (χ1n) is 19.2. The Labute approximate surface area is 342 Å². The fourth-order valence-electron chi connectivity index (χ4n) is 7.05. The molecule has 0 aliphatic heterocycles. The van der Waals surface area contributed by atoms with Crippen LogP contribution in [0, 0.1) is 27.7 Å². The molecule has 0 fully saturated rings. The van der Waals surface area contributed by atoms with Gasteiger partial charge >= 0.3 is 0 Å². The number of ether oxygens (including phenoxy) is 1. The number of H-pyrrole nitrogens is 1. The Hall–Kier alpha value is -7.31. The summed E-state index contributed by atoms with van der Waals surface area (Å²) in [6, 6.07) is 27.3. The van der Waals surface area contributed by atoms with Gasteiger partial charge < -0.3 is 19.9 Å². The Bertz CT molecular complexity index is 2730. The molecule has 8 rings (SSSR count). The minimum atomic E-state index is -0.279. The molecule has 0 aliphatic carbocycles. The normalized spacial score (nSPS) is 11.0. The Kier molecular flexibility index (Phi) is 12.1. The van der Waals surface area contributed by atoms with Gasteiger partial charge in [0.25, 0.3) is 11.8 Å². The highest BCUT2D eigenvalue weighted by atomic mass is 16.5. The third kappa shape index (κ3) is 8.98. The summed E-state index contributed by atoms with van der Waals surface area (Å²) in [5.41, 5.74) is 13.0. The molecule has 0 saturated heterocycles. The van der Waals surface area contributed by atoms with Gasteiger partial charge in [-0.1, -0.05) is 48.5 Å². The van der Waals surface area contributed by atoms with Crippen LogP contribution in [-0.4, -0.2) is 73.9 Å². The largest absolute Gasteiger partial charge is 0.492 e. The number of carbonyl (C=O) groups excluding carboxylic acids is 2. The van der Waals surface area contributed by atoms with Gasteiger partial charge in [-0.3, -0.25) is 34.8 Å². The van der Waals surface area contributed by atoms with Gasteiger partial charge in [0.2, 0.25) is 5.95 Å². The van der Waals surface area contributed by atoms with Crippen LogP contribution in [0.25, 0.3) is 44.3 Å². The average molecular weight is 784 g/mol. The minimum Gasteiger partial charge on any atom is -0.492 e. The highest BCUT2D eigenvalue weighted by molar-refractivity contribution is 6.14. The number of aryl methyl sites for hydroxylation is 4. The van der Waals surface area contributed by atoms with E-state index in [0.717, 1.165) is 56.8 Å². The molecular weight excluding hydrogens is 739 g/mol. The number of anilines is 2. The third-order valence-corrected chi connectivity index (χ3v) is 9.89. The Balaban J connectivity index is 0.000000184. The summed E-state index contributed by atoms with van der Waals surface area (Å²) in [6.07, 6.45) is 9.76. The maximum absolute atomic E-state index is 13.1. The third-order valence-electron chi connectivity index (χ3n) is 9.89. The van der Waals surface area contributed by atoms with Crippen LogP contribution in [0.4, 0.5) is 11.6 Å². The lowest BCUT2D eigenvalue weighted by Gasteiger charge is -2.14. The van der Waals surface area contributed by atoms with E-state index in [-0.39, 0.29) is 11.8 Å². The highest BCUT2D eigenvalue weighted by Crippen LogP contribution is 2.35. The molecule has 3 heterocycles. The van der Waals surface area contributed by atoms with Gasteiger partial charge in [-0.05, 0) is 112 Å². The molecule has 296 valence electrons. The van der Waals surface area contributed by atoms with E-state index in [2.05, 4.69) is 97.4 Å². The van der Waals surface area contributed by atoms with Crippen molar-refractivity contribution in [2.24, 2.45) is 0 Å². The molecule has 8 aromatic rings. The van der Waals surface area contributed by atoms with E-state index in [9.17, 15) is 9.59 Å². The van der Waals surface area contributed by atoms with E-state index in [1.165, 1.54) is 0 Å². The zero-order chi connectivity index (χ0) is 41.5. The van der Waals surface area contributed by atoms with Gasteiger partial charge in [-0.25, -0.2) is 4.98 Å². The second-order valence-electron chi connectivity index (χ2n) is 14.4. The standard InChI is InChI=1S/C27H28N4O2.C20H17N5O/c1-18-6-5-7-19(2)24(18)22-12-13-23(26-25(22)28-14-15-29-26)27(32)30-20-8-10-21(11-9-20)33-17-16-31(3)4;1-12-4-3-5-13(2)16(12)14-6-7-15(18-17(14)21-8-9-22-18)19(26)25-20-23-10-11-24-20/h5-15H,16-17H2,1-4H3,(H,30,32);3-11H,1-2H3,(H2,23,24,25,26). The molecule has 0 bridgehead atoms. The fraction of sp³-hybridized carbons (Fsp3) is 0.170. The lowest BCUT2D eigenvalue weighted by molar-refractivity contribution is 0.101. The number of rotatable bonds is 10. The maximum atomic E-state index is 13.1. The lowest BCUT2D eigenvalue weighted by Crippen LogP contribution is -2.19. The van der Waals surface area contributed by atoms with Crippen LogP contribution in [0.15, 0.2) is 122 Å². The number of nitrogens with one attached hydrogen (secondary N) is 3. The van der Waals surface area contributed by atoms with Crippen molar-refractivity contribution in [1.82, 2.24) is 34.8 Å². The monoisotopic (exact) mass is 783 g/mol. The number of aromatic nitrogens is 6. The zero-order valence-corrected chi connectivity index (χ0v) is 33.9. The van der Waals surface area contributed by atoms with Crippen molar-refractivity contribution in [1.29, 1.82) is 0 Å². The predicted molar refractivity (Wildman–Crippen MR) is 234 cm³/mol. The maximum Gasteiger partial charge on any atom is 0.260 e. The number of benzene rings is 5. The van der Waals surface area contributed by atoms with Crippen molar-refractivity contribution in [2.75, 3.05) is 37.9 Å². The molecule has 12 heteroatoms. The Morgan fingerprint density at radius 2 is 1.05 bits per heavy atom. The number of fused-ring (bicyclic) bond motifs is 2. The van der Waals surface area contributed by atoms with Crippen molar-refractivity contribution in [3.05, 3.63) is 155 Å². The lowest BCUT2D eigenvalue weighted by atomic mass is 9.93. The van der Waals surface area contributed by atoms with Crippen LogP contribution in [0.5, 0.6) is 5.75 Å². The molecular formula is C47H45N9O3. The summed E-state index contributed by atoms with van der Waals surface area (Å²) in [6.45, 7) is 9.75. The quantitative estimate of drug-likeness (QED) is 0.123. The van der Waals surface area contributed by atoms with Gasteiger partial charge in [0.05, 0.1) is 22.2 Å². The van der Waals surface area contributed by atoms with E-state index >= 15 is 0 Å². The number of aromatic amines is 1. The topological polar surface area (TPSA) is 151 Å². The molecule has 3 aromatic heterocycles. The second kappa shape index (κ2) is 17.9. The summed E-state index contributed by atoms with van der Waals surface area (Å²) < 4.78 is 5.72. The van der Waals surface area contributed by atoms with Gasteiger partial charge in [0, 0.05) is 60.5 Å². The summed E-state index contributed by atoms with van der Waals surface area (Å²) in [7, 11) is 4.01. The first-order valence-corrected chi connectivity index (χ1v) is 19.2. The molecule has 59 heavy (non-hydrogen) atoms. The van der Waals surface area contributed by atoms with Crippen LogP contribution in [0.2, 0.25) is 0 Å². The molecule has 3 N–H and O–H groups in total. The molecule has 0 spiro atoms. The average Bonchev–Trinajstić information content (AvgIpc) is 3.74. The van der Waals surface area contributed by atoms with Crippen molar-refractivity contribution in [2.45, 2.75) is 27.7 Å². The van der Waals surface area contributed by atoms with E-state index in [0.29, 0.717) is 51.4 Å². The predicted octanol–water partition coefficient (Wildman–Crippen LogP) is 9.00. The van der Waals surface area contributed by atoms with Crippen molar-refractivity contribution in [3.8, 4) is 28.0 Å². The summed E-state index contributed by atoms with van der Waals surface area (Å²) in [4.78, 5) is 52.8. The number of likely N-dealkylation sites (N-methyl/N-ethyl adjacent to an activating group) is 1. The smallest absolute Gasteiger partial charge is 0.260 e. The molecule has 0 atom stereocenters. The van der Waals surface area contributed by atoms with Crippen LogP contribution in [0.3, 0.4) is 0 Å². The summed E-state index contributed by atoms with van der Waals surface area (Å²) in [5, 5.41) is 5.70. The summed E-state index contributed by atoms with van der Waals surface area (Å²) in [5.74, 6) is 0.656. The van der Waals surface area contributed by atoms with Crippen LogP contribution in [-0.2, 0) is 0 Å². The summed E-state index contributed by atoms with van der Waals surface area (Å²) >= 11 is 0. The van der Waals surface area contributed by atoms with E-state index in [1.54, 1.807) is 43.2 Å². The van der Waals surface area contributed by atoms with Crippen molar-refractivity contribution >= 4 is 45.5 Å². The first kappa shape index (κ1) is 39.9. The van der Waals surface area contributed by atoms with Gasteiger partial charge in [-0.2, -0.15) is 0 Å². The molecule has 12 nitrogen and oxygen atoms in total.